The minimum Gasteiger partial charge on any atom is -0.470 e. The molecule has 0 saturated carbocycles. The van der Waals surface area contributed by atoms with Crippen LogP contribution in [0.25, 0.3) is 0 Å². The van der Waals surface area contributed by atoms with Gasteiger partial charge in [-0.25, -0.2) is 9.97 Å². The second kappa shape index (κ2) is 7.72. The monoisotopic (exact) mass is 364 g/mol. The zero-order valence-electron chi connectivity index (χ0n) is 14.9. The molecule has 27 heavy (non-hydrogen) atoms. The summed E-state index contributed by atoms with van der Waals surface area (Å²) in [6.45, 7) is 1.61. The number of ether oxygens (including phenoxy) is 2. The van der Waals surface area contributed by atoms with E-state index < -0.39 is 6.10 Å². The van der Waals surface area contributed by atoms with Crippen LogP contribution in [0.5, 0.6) is 5.88 Å². The summed E-state index contributed by atoms with van der Waals surface area (Å²) < 4.78 is 11.7. The summed E-state index contributed by atoms with van der Waals surface area (Å²) >= 11 is 0. The lowest BCUT2D eigenvalue weighted by Crippen LogP contribution is -2.50. The van der Waals surface area contributed by atoms with E-state index in [2.05, 4.69) is 16.0 Å². The predicted octanol–water partition coefficient (Wildman–Crippen LogP) is 1.86. The first kappa shape index (κ1) is 17.4. The molecule has 0 N–H and O–H groups in total. The molecule has 1 aromatic heterocycles. The molecule has 0 aliphatic carbocycles. The topological polar surface area (TPSA) is 88.3 Å². The molecule has 0 radical (unpaired) electrons. The van der Waals surface area contributed by atoms with Crippen LogP contribution in [-0.2, 0) is 22.6 Å². The van der Waals surface area contributed by atoms with Crippen molar-refractivity contribution in [3.63, 3.8) is 0 Å². The molecular formula is C20H20N4O3. The van der Waals surface area contributed by atoms with Crippen LogP contribution in [0, 0.1) is 11.3 Å². The minimum atomic E-state index is -0.454. The molecule has 2 aliphatic rings. The fraction of sp³-hybridized carbons (Fsp3) is 0.400. The number of piperidine rings is 1. The van der Waals surface area contributed by atoms with Crippen molar-refractivity contribution < 1.29 is 14.3 Å². The number of carbonyl (C=O) groups excluding carboxylic acids is 1. The van der Waals surface area contributed by atoms with Gasteiger partial charge in [-0.05, 0) is 24.0 Å². The summed E-state index contributed by atoms with van der Waals surface area (Å²) in [7, 11) is 0. The predicted molar refractivity (Wildman–Crippen MR) is 95.7 cm³/mol. The van der Waals surface area contributed by atoms with E-state index in [0.29, 0.717) is 26.1 Å². The minimum absolute atomic E-state index is 0.00236. The lowest BCUT2D eigenvalue weighted by molar-refractivity contribution is -0.148. The molecule has 0 spiro atoms. The second-order valence-electron chi connectivity index (χ2n) is 6.76. The molecule has 138 valence electrons. The molecule has 2 atom stereocenters. The number of likely N-dealkylation sites (tertiary alicyclic amines) is 1. The number of amides is 1. The highest BCUT2D eigenvalue weighted by molar-refractivity contribution is 5.81. The molecule has 1 fully saturated rings. The van der Waals surface area contributed by atoms with Crippen LogP contribution >= 0.6 is 0 Å². The van der Waals surface area contributed by atoms with Crippen molar-refractivity contribution in [1.29, 1.82) is 5.26 Å². The Labute approximate surface area is 157 Å². The van der Waals surface area contributed by atoms with Gasteiger partial charge in [-0.1, -0.05) is 24.3 Å². The molecule has 1 saturated heterocycles. The summed E-state index contributed by atoms with van der Waals surface area (Å²) in [5.74, 6) is 0.222. The third-order valence-corrected chi connectivity index (χ3v) is 4.98. The highest BCUT2D eigenvalue weighted by Gasteiger charge is 2.33. The molecule has 7 nitrogen and oxygen atoms in total. The maximum absolute atomic E-state index is 12.9. The number of benzene rings is 1. The molecule has 1 amide bonds. The molecule has 2 aromatic rings. The number of rotatable bonds is 3. The van der Waals surface area contributed by atoms with Gasteiger partial charge >= 0.3 is 0 Å². The second-order valence-corrected chi connectivity index (χ2v) is 6.76. The van der Waals surface area contributed by atoms with Crippen LogP contribution < -0.4 is 4.74 Å². The van der Waals surface area contributed by atoms with E-state index in [1.807, 2.05) is 24.3 Å². The largest absolute Gasteiger partial charge is 0.470 e. The van der Waals surface area contributed by atoms with Gasteiger partial charge in [0.1, 0.15) is 18.3 Å². The first-order valence-electron chi connectivity index (χ1n) is 9.09. The van der Waals surface area contributed by atoms with Gasteiger partial charge in [-0.3, -0.25) is 4.79 Å². The quantitative estimate of drug-likeness (QED) is 0.826. The van der Waals surface area contributed by atoms with E-state index >= 15 is 0 Å². The summed E-state index contributed by atoms with van der Waals surface area (Å²) in [4.78, 5) is 22.8. The molecule has 7 heteroatoms. The van der Waals surface area contributed by atoms with E-state index in [9.17, 15) is 4.79 Å². The van der Waals surface area contributed by atoms with Gasteiger partial charge < -0.3 is 14.4 Å². The SMILES string of the molecule is N#Cc1nccnc1O[C@@H]1CCCN(C(=O)[C@H]2Cc3ccccc3CO2)C1. The lowest BCUT2D eigenvalue weighted by atomic mass is 9.98. The highest BCUT2D eigenvalue weighted by Crippen LogP contribution is 2.24. The maximum Gasteiger partial charge on any atom is 0.252 e. The van der Waals surface area contributed by atoms with E-state index in [0.717, 1.165) is 18.4 Å². The van der Waals surface area contributed by atoms with E-state index in [1.165, 1.54) is 18.0 Å². The van der Waals surface area contributed by atoms with Crippen LogP contribution in [0.2, 0.25) is 0 Å². The van der Waals surface area contributed by atoms with Crippen molar-refractivity contribution >= 4 is 5.91 Å². The van der Waals surface area contributed by atoms with Gasteiger partial charge in [0.2, 0.25) is 5.69 Å². The van der Waals surface area contributed by atoms with E-state index in [1.54, 1.807) is 4.90 Å². The van der Waals surface area contributed by atoms with Crippen LogP contribution in [0.3, 0.4) is 0 Å². The smallest absolute Gasteiger partial charge is 0.252 e. The van der Waals surface area contributed by atoms with E-state index in [-0.39, 0.29) is 23.6 Å². The molecule has 0 bridgehead atoms. The molecular weight excluding hydrogens is 344 g/mol. The summed E-state index contributed by atoms with van der Waals surface area (Å²) in [6, 6.07) is 10.0. The summed E-state index contributed by atoms with van der Waals surface area (Å²) in [5, 5.41) is 9.12. The number of nitriles is 1. The third-order valence-electron chi connectivity index (χ3n) is 4.98. The summed E-state index contributed by atoms with van der Waals surface area (Å²) in [5.41, 5.74) is 2.48. The zero-order valence-corrected chi connectivity index (χ0v) is 14.9. The van der Waals surface area contributed by atoms with Gasteiger partial charge in [0.15, 0.2) is 0 Å². The number of carbonyl (C=O) groups is 1. The number of fused-ring (bicyclic) bond motifs is 1. The van der Waals surface area contributed by atoms with Crippen molar-refractivity contribution in [2.45, 2.75) is 38.1 Å². The van der Waals surface area contributed by atoms with Gasteiger partial charge in [0.05, 0.1) is 13.2 Å². The molecule has 0 unspecified atom stereocenters. The average Bonchev–Trinajstić information content (AvgIpc) is 2.73. The van der Waals surface area contributed by atoms with Crippen molar-refractivity contribution in [3.05, 3.63) is 53.5 Å². The number of hydrogen-bond acceptors (Lipinski definition) is 6. The van der Waals surface area contributed by atoms with Gasteiger partial charge in [-0.15, -0.1) is 0 Å². The molecule has 3 heterocycles. The van der Waals surface area contributed by atoms with Crippen LogP contribution in [0.15, 0.2) is 36.7 Å². The fourth-order valence-corrected chi connectivity index (χ4v) is 3.59. The Morgan fingerprint density at radius 2 is 2.07 bits per heavy atom. The summed E-state index contributed by atoms with van der Waals surface area (Å²) in [6.07, 6.45) is 4.53. The Kier molecular flexibility index (Phi) is 4.99. The van der Waals surface area contributed by atoms with Crippen LogP contribution in [0.1, 0.15) is 29.7 Å². The Bertz CT molecular complexity index is 880. The number of aromatic nitrogens is 2. The van der Waals surface area contributed by atoms with E-state index in [4.69, 9.17) is 14.7 Å². The Balaban J connectivity index is 1.41. The number of nitrogens with zero attached hydrogens (tertiary/aromatic N) is 4. The lowest BCUT2D eigenvalue weighted by Gasteiger charge is -2.35. The Morgan fingerprint density at radius 1 is 1.26 bits per heavy atom. The van der Waals surface area contributed by atoms with Crippen molar-refractivity contribution in [2.75, 3.05) is 13.1 Å². The van der Waals surface area contributed by atoms with Gasteiger partial charge in [-0.2, -0.15) is 5.26 Å². The average molecular weight is 364 g/mol. The van der Waals surface area contributed by atoms with Crippen molar-refractivity contribution in [3.8, 4) is 11.9 Å². The van der Waals surface area contributed by atoms with Crippen molar-refractivity contribution in [2.24, 2.45) is 0 Å². The normalized spacial score (nSPS) is 21.8. The zero-order chi connectivity index (χ0) is 18.6. The molecule has 4 rings (SSSR count). The number of hydrogen-bond donors (Lipinski definition) is 0. The molecule has 1 aromatic carbocycles. The third kappa shape index (κ3) is 3.76. The standard InChI is InChI=1S/C20H20N4O3/c21-11-17-19(23-8-7-22-17)27-16-6-3-9-24(12-16)20(25)18-10-14-4-1-2-5-15(14)13-26-18/h1-2,4-5,7-8,16,18H,3,6,9-10,12-13H2/t16-,18-/m1/s1. The van der Waals surface area contributed by atoms with Gasteiger partial charge in [0.25, 0.3) is 11.8 Å². The highest BCUT2D eigenvalue weighted by atomic mass is 16.5. The fourth-order valence-electron chi connectivity index (χ4n) is 3.59. The molecule has 2 aliphatic heterocycles. The van der Waals surface area contributed by atoms with Crippen LogP contribution in [-0.4, -0.2) is 46.1 Å². The Morgan fingerprint density at radius 3 is 2.93 bits per heavy atom. The van der Waals surface area contributed by atoms with Gasteiger partial charge in [0, 0.05) is 25.4 Å². The first-order chi connectivity index (χ1) is 13.2. The maximum atomic E-state index is 12.9. The van der Waals surface area contributed by atoms with Crippen molar-refractivity contribution in [1.82, 2.24) is 14.9 Å². The Hall–Kier alpha value is -2.98. The van der Waals surface area contributed by atoms with Crippen LogP contribution in [0.4, 0.5) is 0 Å². The first-order valence-corrected chi connectivity index (χ1v) is 9.09.